The number of rotatable bonds is 3. The number of hydrogen-bond acceptors (Lipinski definition) is 5. The zero-order chi connectivity index (χ0) is 14.2. The standard InChI is InChI=1S/C10H12ClN5O2S/c1-6-4-7(2)14-10(13-6)15-19(17,18)9-8(11)16(3)5-12-9/h4-5H,1-3H3,(H,13,14,15). The number of hydrogen-bond donors (Lipinski definition) is 1. The van der Waals surface area contributed by atoms with E-state index in [1.165, 1.54) is 10.9 Å². The van der Waals surface area contributed by atoms with Gasteiger partial charge in [-0.1, -0.05) is 11.6 Å². The molecule has 1 N–H and O–H groups in total. The van der Waals surface area contributed by atoms with Gasteiger partial charge in [0.05, 0.1) is 6.33 Å². The van der Waals surface area contributed by atoms with Crippen LogP contribution >= 0.6 is 11.6 Å². The Kier molecular flexibility index (Phi) is 3.46. The molecule has 0 saturated carbocycles. The van der Waals surface area contributed by atoms with E-state index in [9.17, 15) is 8.42 Å². The quantitative estimate of drug-likeness (QED) is 0.922. The normalized spacial score (nSPS) is 11.6. The molecule has 9 heteroatoms. The number of nitrogens with zero attached hydrogens (tertiary/aromatic N) is 4. The van der Waals surface area contributed by atoms with Crippen molar-refractivity contribution in [2.45, 2.75) is 18.9 Å². The molecule has 2 heterocycles. The van der Waals surface area contributed by atoms with Gasteiger partial charge in [-0.05, 0) is 19.9 Å². The lowest BCUT2D eigenvalue weighted by molar-refractivity contribution is 0.597. The summed E-state index contributed by atoms with van der Waals surface area (Å²) < 4.78 is 27.9. The van der Waals surface area contributed by atoms with Crippen LogP contribution in [0.15, 0.2) is 17.4 Å². The molecule has 0 atom stereocenters. The van der Waals surface area contributed by atoms with Crippen molar-refractivity contribution in [3.8, 4) is 0 Å². The second kappa shape index (κ2) is 4.78. The molecule has 0 aromatic carbocycles. The van der Waals surface area contributed by atoms with Crippen molar-refractivity contribution in [3.05, 3.63) is 28.9 Å². The zero-order valence-corrected chi connectivity index (χ0v) is 12.1. The fourth-order valence-electron chi connectivity index (χ4n) is 1.51. The van der Waals surface area contributed by atoms with Gasteiger partial charge in [0.2, 0.25) is 11.0 Å². The molecular formula is C10H12ClN5O2S. The van der Waals surface area contributed by atoms with Crippen molar-refractivity contribution < 1.29 is 8.42 Å². The van der Waals surface area contributed by atoms with Crippen molar-refractivity contribution >= 4 is 27.6 Å². The van der Waals surface area contributed by atoms with Crippen molar-refractivity contribution in [2.75, 3.05) is 4.72 Å². The molecule has 2 rings (SSSR count). The van der Waals surface area contributed by atoms with Crippen LogP contribution < -0.4 is 4.72 Å². The molecule has 19 heavy (non-hydrogen) atoms. The summed E-state index contributed by atoms with van der Waals surface area (Å²) in [6, 6.07) is 1.74. The first-order valence-electron chi connectivity index (χ1n) is 5.31. The average Bonchev–Trinajstić information content (AvgIpc) is 2.57. The second-order valence-corrected chi connectivity index (χ2v) is 5.99. The molecule has 0 saturated heterocycles. The molecule has 102 valence electrons. The number of aromatic nitrogens is 4. The number of sulfonamides is 1. The Morgan fingerprint density at radius 2 is 1.84 bits per heavy atom. The van der Waals surface area contributed by atoms with E-state index in [0.717, 1.165) is 0 Å². The van der Waals surface area contributed by atoms with Gasteiger partial charge >= 0.3 is 0 Å². The van der Waals surface area contributed by atoms with E-state index in [1.54, 1.807) is 27.0 Å². The summed E-state index contributed by atoms with van der Waals surface area (Å²) in [7, 11) is -2.30. The topological polar surface area (TPSA) is 89.8 Å². The Morgan fingerprint density at radius 3 is 2.32 bits per heavy atom. The fourth-order valence-corrected chi connectivity index (χ4v) is 2.89. The van der Waals surface area contributed by atoms with E-state index < -0.39 is 10.0 Å². The van der Waals surface area contributed by atoms with Gasteiger partial charge in [-0.3, -0.25) is 0 Å². The molecule has 0 aliphatic rings. The van der Waals surface area contributed by atoms with Gasteiger partial charge < -0.3 is 4.57 Å². The van der Waals surface area contributed by atoms with Gasteiger partial charge in [0.25, 0.3) is 10.0 Å². The number of aryl methyl sites for hydroxylation is 3. The molecule has 0 bridgehead atoms. The van der Waals surface area contributed by atoms with Gasteiger partial charge in [-0.15, -0.1) is 0 Å². The highest BCUT2D eigenvalue weighted by Gasteiger charge is 2.23. The van der Waals surface area contributed by atoms with Crippen LogP contribution in [-0.2, 0) is 17.1 Å². The largest absolute Gasteiger partial charge is 0.324 e. The predicted octanol–water partition coefficient (Wildman–Crippen LogP) is 1.28. The molecule has 7 nitrogen and oxygen atoms in total. The molecule has 0 spiro atoms. The molecule has 0 amide bonds. The highest BCUT2D eigenvalue weighted by molar-refractivity contribution is 7.92. The van der Waals surface area contributed by atoms with Crippen LogP contribution in [-0.4, -0.2) is 27.9 Å². The monoisotopic (exact) mass is 301 g/mol. The highest BCUT2D eigenvalue weighted by Crippen LogP contribution is 2.20. The minimum atomic E-state index is -3.90. The lowest BCUT2D eigenvalue weighted by atomic mass is 10.4. The van der Waals surface area contributed by atoms with E-state index in [2.05, 4.69) is 19.7 Å². The summed E-state index contributed by atoms with van der Waals surface area (Å²) in [5.74, 6) is -0.000722. The fraction of sp³-hybridized carbons (Fsp3) is 0.300. The SMILES string of the molecule is Cc1cc(C)nc(NS(=O)(=O)c2ncn(C)c2Cl)n1. The molecule has 0 aliphatic heterocycles. The van der Waals surface area contributed by atoms with E-state index in [-0.39, 0.29) is 16.1 Å². The summed E-state index contributed by atoms with van der Waals surface area (Å²) in [5.41, 5.74) is 1.33. The summed E-state index contributed by atoms with van der Waals surface area (Å²) in [5, 5.41) is -0.226. The van der Waals surface area contributed by atoms with Gasteiger partial charge in [0.15, 0.2) is 0 Å². The summed E-state index contributed by atoms with van der Waals surface area (Å²) in [6.45, 7) is 3.50. The first-order valence-corrected chi connectivity index (χ1v) is 7.17. The van der Waals surface area contributed by atoms with Crippen LogP contribution in [0.5, 0.6) is 0 Å². The summed E-state index contributed by atoms with van der Waals surface area (Å²) in [4.78, 5) is 11.8. The van der Waals surface area contributed by atoms with Gasteiger partial charge in [-0.2, -0.15) is 8.42 Å². The summed E-state index contributed by atoms with van der Waals surface area (Å²) in [6.07, 6.45) is 1.32. The van der Waals surface area contributed by atoms with Crippen LogP contribution in [0.25, 0.3) is 0 Å². The van der Waals surface area contributed by atoms with E-state index >= 15 is 0 Å². The molecule has 2 aromatic heterocycles. The third kappa shape index (κ3) is 2.85. The number of anilines is 1. The minimum Gasteiger partial charge on any atom is -0.324 e. The molecule has 0 unspecified atom stereocenters. The van der Waals surface area contributed by atoms with Crippen LogP contribution in [0.1, 0.15) is 11.4 Å². The smallest absolute Gasteiger partial charge is 0.284 e. The van der Waals surface area contributed by atoms with E-state index in [1.807, 2.05) is 0 Å². The minimum absolute atomic E-state index is 0.000722. The first kappa shape index (κ1) is 13.8. The Hall–Kier alpha value is -1.67. The maximum absolute atomic E-state index is 12.1. The van der Waals surface area contributed by atoms with Crippen LogP contribution in [0.3, 0.4) is 0 Å². The third-order valence-electron chi connectivity index (χ3n) is 2.30. The van der Waals surface area contributed by atoms with Gasteiger partial charge in [-0.25, -0.2) is 19.7 Å². The Labute approximate surface area is 115 Å². The van der Waals surface area contributed by atoms with Gasteiger partial charge in [0.1, 0.15) is 5.15 Å². The third-order valence-corrected chi connectivity index (χ3v) is 4.11. The maximum Gasteiger partial charge on any atom is 0.284 e. The first-order chi connectivity index (χ1) is 8.79. The number of halogens is 1. The molecule has 0 aliphatic carbocycles. The molecular weight excluding hydrogens is 290 g/mol. The molecule has 0 radical (unpaired) electrons. The van der Waals surface area contributed by atoms with E-state index in [0.29, 0.717) is 11.4 Å². The average molecular weight is 302 g/mol. The Balaban J connectivity index is 2.39. The van der Waals surface area contributed by atoms with Crippen molar-refractivity contribution in [2.24, 2.45) is 7.05 Å². The van der Waals surface area contributed by atoms with Crippen molar-refractivity contribution in [1.29, 1.82) is 0 Å². The number of nitrogens with one attached hydrogen (secondary N) is 1. The molecule has 2 aromatic rings. The van der Waals surface area contributed by atoms with Crippen molar-refractivity contribution in [1.82, 2.24) is 19.5 Å². The zero-order valence-electron chi connectivity index (χ0n) is 10.5. The van der Waals surface area contributed by atoms with Gasteiger partial charge in [0, 0.05) is 18.4 Å². The lowest BCUT2D eigenvalue weighted by Gasteiger charge is -2.06. The summed E-state index contributed by atoms with van der Waals surface area (Å²) >= 11 is 5.86. The number of imidazole rings is 1. The van der Waals surface area contributed by atoms with Crippen LogP contribution in [0.4, 0.5) is 5.95 Å². The molecule has 0 fully saturated rings. The Bertz CT molecular complexity index is 705. The lowest BCUT2D eigenvalue weighted by Crippen LogP contribution is -2.16. The Morgan fingerprint density at radius 1 is 1.26 bits per heavy atom. The van der Waals surface area contributed by atoms with Crippen LogP contribution in [0, 0.1) is 13.8 Å². The predicted molar refractivity (Wildman–Crippen MR) is 70.5 cm³/mol. The maximum atomic E-state index is 12.1. The second-order valence-electron chi connectivity index (χ2n) is 4.03. The van der Waals surface area contributed by atoms with E-state index in [4.69, 9.17) is 11.6 Å². The van der Waals surface area contributed by atoms with Crippen molar-refractivity contribution in [3.63, 3.8) is 0 Å². The van der Waals surface area contributed by atoms with Crippen LogP contribution in [0.2, 0.25) is 5.15 Å². The highest BCUT2D eigenvalue weighted by atomic mass is 35.5.